The summed E-state index contributed by atoms with van der Waals surface area (Å²) in [7, 11) is 0. The van der Waals surface area contributed by atoms with Crippen LogP contribution in [0.2, 0.25) is 0 Å². The van der Waals surface area contributed by atoms with Crippen LogP contribution in [0.15, 0.2) is 46.9 Å². The number of rotatable bonds is 4. The van der Waals surface area contributed by atoms with Gasteiger partial charge in [0.05, 0.1) is 6.04 Å². The maximum absolute atomic E-state index is 6.37. The fraction of sp³-hybridized carbons (Fsp3) is 0.333. The number of nitrogens with two attached hydrogens (primary N) is 1. The van der Waals surface area contributed by atoms with Gasteiger partial charge in [-0.05, 0) is 47.6 Å². The van der Waals surface area contributed by atoms with Crippen molar-refractivity contribution in [2.45, 2.75) is 33.2 Å². The van der Waals surface area contributed by atoms with Crippen molar-refractivity contribution in [1.82, 2.24) is 0 Å². The van der Waals surface area contributed by atoms with E-state index in [9.17, 15) is 0 Å². The van der Waals surface area contributed by atoms with E-state index in [4.69, 9.17) is 5.73 Å². The van der Waals surface area contributed by atoms with Crippen LogP contribution in [0.25, 0.3) is 0 Å². The molecule has 0 amide bonds. The van der Waals surface area contributed by atoms with Gasteiger partial charge < -0.3 is 5.73 Å². The molecule has 0 bridgehead atoms. The van der Waals surface area contributed by atoms with E-state index >= 15 is 0 Å². The molecule has 106 valence electrons. The number of aryl methyl sites for hydroxylation is 1. The van der Waals surface area contributed by atoms with Crippen LogP contribution >= 0.6 is 15.9 Å². The summed E-state index contributed by atoms with van der Waals surface area (Å²) >= 11 is 3.53. The molecule has 0 aliphatic rings. The Bertz CT molecular complexity index is 572. The maximum atomic E-state index is 6.37. The third kappa shape index (κ3) is 3.71. The third-order valence-electron chi connectivity index (χ3n) is 3.52. The summed E-state index contributed by atoms with van der Waals surface area (Å²) < 4.78 is 1.13. The van der Waals surface area contributed by atoms with Gasteiger partial charge in [-0.25, -0.2) is 0 Å². The van der Waals surface area contributed by atoms with Gasteiger partial charge in [-0.15, -0.1) is 0 Å². The molecule has 1 atom stereocenters. The molecule has 0 aromatic heterocycles. The molecule has 2 rings (SSSR count). The molecule has 2 N–H and O–H groups in total. The molecule has 0 fully saturated rings. The molecule has 2 aromatic carbocycles. The monoisotopic (exact) mass is 331 g/mol. The molecule has 1 nitrogen and oxygen atoms in total. The van der Waals surface area contributed by atoms with Gasteiger partial charge in [0.1, 0.15) is 0 Å². The highest BCUT2D eigenvalue weighted by Crippen LogP contribution is 2.24. The lowest BCUT2D eigenvalue weighted by atomic mass is 9.95. The lowest BCUT2D eigenvalue weighted by Crippen LogP contribution is -2.12. The molecular weight excluding hydrogens is 310 g/mol. The molecule has 0 aliphatic carbocycles. The number of hydrogen-bond acceptors (Lipinski definition) is 1. The first-order valence-electron chi connectivity index (χ1n) is 7.08. The normalized spacial score (nSPS) is 12.7. The van der Waals surface area contributed by atoms with Gasteiger partial charge >= 0.3 is 0 Å². The van der Waals surface area contributed by atoms with E-state index in [1.165, 1.54) is 16.7 Å². The first kappa shape index (κ1) is 15.3. The highest BCUT2D eigenvalue weighted by molar-refractivity contribution is 9.10. The molecule has 0 aliphatic heterocycles. The van der Waals surface area contributed by atoms with E-state index < -0.39 is 0 Å². The fourth-order valence-electron chi connectivity index (χ4n) is 2.39. The van der Waals surface area contributed by atoms with E-state index in [0.717, 1.165) is 16.5 Å². The fourth-order valence-corrected chi connectivity index (χ4v) is 2.63. The van der Waals surface area contributed by atoms with Crippen molar-refractivity contribution < 1.29 is 0 Å². The van der Waals surface area contributed by atoms with Gasteiger partial charge in [0.15, 0.2) is 0 Å². The molecule has 1 unspecified atom stereocenters. The largest absolute Gasteiger partial charge is 0.320 e. The quantitative estimate of drug-likeness (QED) is 0.837. The van der Waals surface area contributed by atoms with E-state index in [1.807, 2.05) is 0 Å². The zero-order valence-corrected chi connectivity index (χ0v) is 13.9. The van der Waals surface area contributed by atoms with Gasteiger partial charge in [-0.2, -0.15) is 0 Å². The second-order valence-corrected chi connectivity index (χ2v) is 6.68. The SMILES string of the molecule is Cc1cc(C(N)c2ccc(CC(C)C)cc2)ccc1Br. The third-order valence-corrected chi connectivity index (χ3v) is 4.41. The van der Waals surface area contributed by atoms with Crippen LogP contribution in [0.3, 0.4) is 0 Å². The second kappa shape index (κ2) is 6.55. The van der Waals surface area contributed by atoms with Crippen LogP contribution in [-0.2, 0) is 6.42 Å². The molecule has 2 heteroatoms. The van der Waals surface area contributed by atoms with E-state index in [-0.39, 0.29) is 6.04 Å². The predicted molar refractivity (Wildman–Crippen MR) is 89.9 cm³/mol. The molecule has 0 heterocycles. The van der Waals surface area contributed by atoms with Gasteiger partial charge in [-0.3, -0.25) is 0 Å². The van der Waals surface area contributed by atoms with Crippen LogP contribution in [0, 0.1) is 12.8 Å². The van der Waals surface area contributed by atoms with Crippen molar-refractivity contribution in [2.24, 2.45) is 11.7 Å². The van der Waals surface area contributed by atoms with Gasteiger partial charge in [0.2, 0.25) is 0 Å². The smallest absolute Gasteiger partial charge is 0.0551 e. The first-order chi connectivity index (χ1) is 9.47. The topological polar surface area (TPSA) is 26.0 Å². The standard InChI is InChI=1S/C18H22BrN/c1-12(2)10-14-4-6-15(7-5-14)18(20)16-8-9-17(19)13(3)11-16/h4-9,11-12,18H,10,20H2,1-3H3. The Morgan fingerprint density at radius 3 is 2.15 bits per heavy atom. The van der Waals surface area contributed by atoms with Crippen molar-refractivity contribution in [3.8, 4) is 0 Å². The Morgan fingerprint density at radius 1 is 1.00 bits per heavy atom. The van der Waals surface area contributed by atoms with Gasteiger partial charge in [0.25, 0.3) is 0 Å². The molecular formula is C18H22BrN. The first-order valence-corrected chi connectivity index (χ1v) is 7.87. The average Bonchev–Trinajstić information content (AvgIpc) is 2.41. The number of hydrogen-bond donors (Lipinski definition) is 1. The van der Waals surface area contributed by atoms with Crippen molar-refractivity contribution in [3.63, 3.8) is 0 Å². The Hall–Kier alpha value is -1.12. The molecule has 0 saturated carbocycles. The molecule has 2 aromatic rings. The highest BCUT2D eigenvalue weighted by Gasteiger charge is 2.10. The lowest BCUT2D eigenvalue weighted by Gasteiger charge is -2.15. The summed E-state index contributed by atoms with van der Waals surface area (Å²) in [5, 5.41) is 0. The summed E-state index contributed by atoms with van der Waals surface area (Å²) in [5.41, 5.74) is 11.3. The number of halogens is 1. The van der Waals surface area contributed by atoms with Crippen LogP contribution in [0.4, 0.5) is 0 Å². The Morgan fingerprint density at radius 2 is 1.60 bits per heavy atom. The second-order valence-electron chi connectivity index (χ2n) is 5.83. The summed E-state index contributed by atoms with van der Waals surface area (Å²) in [6, 6.07) is 14.9. The highest BCUT2D eigenvalue weighted by atomic mass is 79.9. The van der Waals surface area contributed by atoms with Crippen molar-refractivity contribution >= 4 is 15.9 Å². The molecule has 0 radical (unpaired) electrons. The van der Waals surface area contributed by atoms with Gasteiger partial charge in [-0.1, -0.05) is 66.2 Å². The van der Waals surface area contributed by atoms with Gasteiger partial charge in [0, 0.05) is 4.47 Å². The van der Waals surface area contributed by atoms with E-state index in [0.29, 0.717) is 5.92 Å². The minimum atomic E-state index is -0.0603. The predicted octanol–water partition coefficient (Wildman–Crippen LogP) is 5.00. The van der Waals surface area contributed by atoms with Crippen molar-refractivity contribution in [2.75, 3.05) is 0 Å². The minimum Gasteiger partial charge on any atom is -0.320 e. The molecule has 0 saturated heterocycles. The van der Waals surface area contributed by atoms with Crippen LogP contribution in [0.5, 0.6) is 0 Å². The van der Waals surface area contributed by atoms with Crippen LogP contribution in [-0.4, -0.2) is 0 Å². The molecule has 20 heavy (non-hydrogen) atoms. The Labute approximate surface area is 130 Å². The van der Waals surface area contributed by atoms with Crippen LogP contribution in [0.1, 0.15) is 42.1 Å². The Balaban J connectivity index is 2.20. The van der Waals surface area contributed by atoms with Crippen molar-refractivity contribution in [1.29, 1.82) is 0 Å². The summed E-state index contributed by atoms with van der Waals surface area (Å²) in [6.07, 6.45) is 1.12. The zero-order valence-electron chi connectivity index (χ0n) is 12.4. The lowest BCUT2D eigenvalue weighted by molar-refractivity contribution is 0.647. The summed E-state index contributed by atoms with van der Waals surface area (Å²) in [6.45, 7) is 6.57. The zero-order chi connectivity index (χ0) is 14.7. The Kier molecular flexibility index (Phi) is 5.00. The van der Waals surface area contributed by atoms with E-state index in [2.05, 4.69) is 79.2 Å². The number of benzene rings is 2. The van der Waals surface area contributed by atoms with Crippen molar-refractivity contribution in [3.05, 3.63) is 69.2 Å². The molecule has 0 spiro atoms. The van der Waals surface area contributed by atoms with E-state index in [1.54, 1.807) is 0 Å². The average molecular weight is 332 g/mol. The summed E-state index contributed by atoms with van der Waals surface area (Å²) in [4.78, 5) is 0. The van der Waals surface area contributed by atoms with Crippen LogP contribution < -0.4 is 5.73 Å². The summed E-state index contributed by atoms with van der Waals surface area (Å²) in [5.74, 6) is 0.684. The maximum Gasteiger partial charge on any atom is 0.0551 e. The minimum absolute atomic E-state index is 0.0603.